The minimum atomic E-state index is -0.246. The monoisotopic (exact) mass is 288 g/mol. The number of carbonyl (C=O) groups is 1. The molecule has 1 aromatic heterocycles. The van der Waals surface area contributed by atoms with Gasteiger partial charge in [-0.05, 0) is 24.9 Å². The molecule has 0 aliphatic heterocycles. The van der Waals surface area contributed by atoms with E-state index in [1.807, 2.05) is 17.1 Å². The average Bonchev–Trinajstić information content (AvgIpc) is 2.81. The minimum absolute atomic E-state index is 0.246. The summed E-state index contributed by atoms with van der Waals surface area (Å²) >= 11 is 3.43. The molecule has 6 heteroatoms. The largest absolute Gasteiger partial charge is 0.469 e. The lowest BCUT2D eigenvalue weighted by molar-refractivity contribution is -0.139. The summed E-state index contributed by atoms with van der Waals surface area (Å²) in [6.07, 6.45) is 6.06. The fourth-order valence-electron chi connectivity index (χ4n) is 1.43. The topological polar surface area (TPSA) is 51.2 Å². The van der Waals surface area contributed by atoms with Crippen molar-refractivity contribution in [3.63, 3.8) is 0 Å². The first-order chi connectivity index (χ1) is 8.76. The summed E-state index contributed by atoms with van der Waals surface area (Å²) in [7, 11) is 1.39. The zero-order chi connectivity index (χ0) is 13.2. The lowest BCUT2D eigenvalue weighted by Gasteiger charge is -2.02. The van der Waals surface area contributed by atoms with Crippen LogP contribution in [0, 0.1) is 0 Å². The van der Waals surface area contributed by atoms with Gasteiger partial charge in [0.1, 0.15) is 0 Å². The lowest BCUT2D eigenvalue weighted by atomic mass is 10.2. The van der Waals surface area contributed by atoms with E-state index in [2.05, 4.69) is 21.3 Å². The molecule has 0 fully saturated rings. The number of thiazole rings is 1. The Morgan fingerprint density at radius 1 is 1.50 bits per heavy atom. The van der Waals surface area contributed by atoms with Crippen molar-refractivity contribution in [2.24, 2.45) is 0 Å². The first kappa shape index (κ1) is 15.3. The molecule has 102 valence electrons. The van der Waals surface area contributed by atoms with Gasteiger partial charge < -0.3 is 10.1 Å². The van der Waals surface area contributed by atoms with E-state index in [0.29, 0.717) is 0 Å². The fourth-order valence-corrected chi connectivity index (χ4v) is 2.66. The molecule has 0 aliphatic rings. The van der Waals surface area contributed by atoms with E-state index in [0.717, 1.165) is 23.8 Å². The molecule has 0 saturated heterocycles. The molecule has 18 heavy (non-hydrogen) atoms. The standard InChI is InChI=1S/C12H20N2O2S2/c1-16-11(15)8-10-9-18-12(14-10)13-6-4-3-5-7-17-2/h9H,3-8H2,1-2H3,(H,13,14). The van der Waals surface area contributed by atoms with Crippen LogP contribution in [0.2, 0.25) is 0 Å². The maximum absolute atomic E-state index is 11.1. The van der Waals surface area contributed by atoms with Gasteiger partial charge in [-0.1, -0.05) is 6.42 Å². The maximum Gasteiger partial charge on any atom is 0.311 e. The van der Waals surface area contributed by atoms with Crippen LogP contribution in [0.3, 0.4) is 0 Å². The number of hydrogen-bond donors (Lipinski definition) is 1. The molecule has 0 bridgehead atoms. The first-order valence-electron chi connectivity index (χ1n) is 6.00. The van der Waals surface area contributed by atoms with Crippen LogP contribution in [0.25, 0.3) is 0 Å². The van der Waals surface area contributed by atoms with Crippen molar-refractivity contribution in [1.29, 1.82) is 0 Å². The number of methoxy groups -OCH3 is 1. The number of anilines is 1. The molecule has 1 N–H and O–H groups in total. The van der Waals surface area contributed by atoms with E-state index in [4.69, 9.17) is 0 Å². The molecule has 0 spiro atoms. The van der Waals surface area contributed by atoms with Crippen LogP contribution in [-0.2, 0) is 16.0 Å². The number of rotatable bonds is 9. The van der Waals surface area contributed by atoms with Gasteiger partial charge in [-0.3, -0.25) is 4.79 Å². The van der Waals surface area contributed by atoms with E-state index < -0.39 is 0 Å². The van der Waals surface area contributed by atoms with E-state index >= 15 is 0 Å². The van der Waals surface area contributed by atoms with Gasteiger partial charge in [-0.15, -0.1) is 11.3 Å². The molecule has 0 atom stereocenters. The second kappa shape index (κ2) is 9.22. The molecule has 4 nitrogen and oxygen atoms in total. The highest BCUT2D eigenvalue weighted by atomic mass is 32.2. The van der Waals surface area contributed by atoms with Crippen LogP contribution in [0.4, 0.5) is 5.13 Å². The Balaban J connectivity index is 2.17. The highest BCUT2D eigenvalue weighted by Gasteiger charge is 2.06. The van der Waals surface area contributed by atoms with E-state index in [9.17, 15) is 4.79 Å². The number of aromatic nitrogens is 1. The number of unbranched alkanes of at least 4 members (excludes halogenated alkanes) is 2. The van der Waals surface area contributed by atoms with Gasteiger partial charge in [0.05, 0.1) is 19.2 Å². The average molecular weight is 288 g/mol. The van der Waals surface area contributed by atoms with Crippen LogP contribution < -0.4 is 5.32 Å². The van der Waals surface area contributed by atoms with Crippen LogP contribution in [0.1, 0.15) is 25.0 Å². The molecule has 0 radical (unpaired) electrons. The molecule has 0 unspecified atom stereocenters. The molecular formula is C12H20N2O2S2. The maximum atomic E-state index is 11.1. The SMILES string of the molecule is COC(=O)Cc1csc(NCCCCCSC)n1. The fraction of sp³-hybridized carbons (Fsp3) is 0.667. The van der Waals surface area contributed by atoms with Crippen molar-refractivity contribution >= 4 is 34.2 Å². The predicted molar refractivity (Wildman–Crippen MR) is 78.6 cm³/mol. The van der Waals surface area contributed by atoms with Crippen molar-refractivity contribution in [2.75, 3.05) is 31.0 Å². The van der Waals surface area contributed by atoms with Crippen LogP contribution >= 0.6 is 23.1 Å². The van der Waals surface area contributed by atoms with Crippen LogP contribution in [-0.4, -0.2) is 36.6 Å². The molecule has 1 aromatic rings. The summed E-state index contributed by atoms with van der Waals surface area (Å²) < 4.78 is 4.60. The third kappa shape index (κ3) is 6.26. The molecule has 0 saturated carbocycles. The lowest BCUT2D eigenvalue weighted by Crippen LogP contribution is -2.05. The Kier molecular flexibility index (Phi) is 7.84. The Hall–Kier alpha value is -0.750. The number of carbonyl (C=O) groups excluding carboxylic acids is 1. The van der Waals surface area contributed by atoms with Crippen molar-refractivity contribution < 1.29 is 9.53 Å². The summed E-state index contributed by atoms with van der Waals surface area (Å²) in [5.74, 6) is 0.990. The van der Waals surface area contributed by atoms with Crippen molar-refractivity contribution in [2.45, 2.75) is 25.7 Å². The van der Waals surface area contributed by atoms with Gasteiger partial charge in [0.2, 0.25) is 0 Å². The Morgan fingerprint density at radius 3 is 3.06 bits per heavy atom. The van der Waals surface area contributed by atoms with Gasteiger partial charge in [-0.2, -0.15) is 11.8 Å². The smallest absolute Gasteiger partial charge is 0.311 e. The van der Waals surface area contributed by atoms with Gasteiger partial charge in [-0.25, -0.2) is 4.98 Å². The van der Waals surface area contributed by atoms with Gasteiger partial charge >= 0.3 is 5.97 Å². The number of nitrogens with zero attached hydrogens (tertiary/aromatic N) is 1. The second-order valence-electron chi connectivity index (χ2n) is 3.88. The number of hydrogen-bond acceptors (Lipinski definition) is 6. The number of thioether (sulfide) groups is 1. The number of esters is 1. The third-order valence-electron chi connectivity index (χ3n) is 2.41. The molecule has 0 aromatic carbocycles. The molecule has 0 amide bonds. The molecule has 0 aliphatic carbocycles. The van der Waals surface area contributed by atoms with Gasteiger partial charge in [0, 0.05) is 11.9 Å². The summed E-state index contributed by atoms with van der Waals surface area (Å²) in [4.78, 5) is 15.4. The van der Waals surface area contributed by atoms with Gasteiger partial charge in [0.25, 0.3) is 0 Å². The van der Waals surface area contributed by atoms with Crippen molar-refractivity contribution in [1.82, 2.24) is 4.98 Å². The Morgan fingerprint density at radius 2 is 2.33 bits per heavy atom. The molecular weight excluding hydrogens is 268 g/mol. The zero-order valence-corrected chi connectivity index (χ0v) is 12.5. The summed E-state index contributed by atoms with van der Waals surface area (Å²) in [6.45, 7) is 0.944. The Bertz CT molecular complexity index is 356. The zero-order valence-electron chi connectivity index (χ0n) is 10.9. The highest BCUT2D eigenvalue weighted by molar-refractivity contribution is 7.98. The molecule has 1 heterocycles. The first-order valence-corrected chi connectivity index (χ1v) is 8.27. The molecule has 1 rings (SSSR count). The predicted octanol–water partition coefficient (Wildman–Crippen LogP) is 2.80. The highest BCUT2D eigenvalue weighted by Crippen LogP contribution is 2.16. The normalized spacial score (nSPS) is 10.3. The van der Waals surface area contributed by atoms with E-state index in [1.165, 1.54) is 37.0 Å². The van der Waals surface area contributed by atoms with Crippen LogP contribution in [0.5, 0.6) is 0 Å². The van der Waals surface area contributed by atoms with Crippen molar-refractivity contribution in [3.8, 4) is 0 Å². The van der Waals surface area contributed by atoms with Crippen molar-refractivity contribution in [3.05, 3.63) is 11.1 Å². The quantitative estimate of drug-likeness (QED) is 0.559. The summed E-state index contributed by atoms with van der Waals surface area (Å²) in [5, 5.41) is 6.07. The minimum Gasteiger partial charge on any atom is -0.469 e. The van der Waals surface area contributed by atoms with E-state index in [-0.39, 0.29) is 12.4 Å². The number of ether oxygens (including phenoxy) is 1. The third-order valence-corrected chi connectivity index (χ3v) is 3.95. The summed E-state index contributed by atoms with van der Waals surface area (Å²) in [5.41, 5.74) is 0.775. The summed E-state index contributed by atoms with van der Waals surface area (Å²) in [6, 6.07) is 0. The van der Waals surface area contributed by atoms with Crippen LogP contribution in [0.15, 0.2) is 5.38 Å². The van der Waals surface area contributed by atoms with E-state index in [1.54, 1.807) is 0 Å². The Labute approximate surface area is 117 Å². The van der Waals surface area contributed by atoms with Gasteiger partial charge in [0.15, 0.2) is 5.13 Å². The second-order valence-corrected chi connectivity index (χ2v) is 5.72. The number of nitrogens with one attached hydrogen (secondary N) is 1.